The zero-order valence-electron chi connectivity index (χ0n) is 7.71. The summed E-state index contributed by atoms with van der Waals surface area (Å²) < 4.78 is 0. The van der Waals surface area contributed by atoms with Crippen LogP contribution >= 0.6 is 11.6 Å². The first-order valence-electron chi connectivity index (χ1n) is 4.38. The Morgan fingerprint density at radius 1 is 1.46 bits per heavy atom. The number of hydrogen-bond acceptors (Lipinski definition) is 2. The van der Waals surface area contributed by atoms with Crippen molar-refractivity contribution in [3.8, 4) is 0 Å². The van der Waals surface area contributed by atoms with Crippen molar-refractivity contribution < 1.29 is 0 Å². The summed E-state index contributed by atoms with van der Waals surface area (Å²) in [5.41, 5.74) is 3.40. The molecule has 1 aliphatic rings. The molecule has 0 saturated carbocycles. The van der Waals surface area contributed by atoms with E-state index in [0.717, 1.165) is 12.1 Å². The molecule has 0 bridgehead atoms. The summed E-state index contributed by atoms with van der Waals surface area (Å²) in [7, 11) is 0. The van der Waals surface area contributed by atoms with E-state index >= 15 is 0 Å². The second-order valence-corrected chi connectivity index (χ2v) is 3.96. The summed E-state index contributed by atoms with van der Waals surface area (Å²) in [6.07, 6.45) is 2.74. The minimum atomic E-state index is 0.506. The van der Waals surface area contributed by atoms with Crippen LogP contribution in [-0.4, -0.2) is 10.7 Å². The quantitative estimate of drug-likeness (QED) is 0.631. The number of aromatic nitrogens is 1. The highest BCUT2D eigenvalue weighted by Gasteiger charge is 2.17. The number of nitrogens with zero attached hydrogens (tertiary/aromatic N) is 2. The molecule has 0 aliphatic carbocycles. The average Bonchev–Trinajstić information content (AvgIpc) is 2.46. The van der Waals surface area contributed by atoms with Crippen LogP contribution in [-0.2, 0) is 6.42 Å². The van der Waals surface area contributed by atoms with Crippen molar-refractivity contribution in [1.82, 2.24) is 4.98 Å². The monoisotopic (exact) mass is 194 g/mol. The molecule has 0 atom stereocenters. The van der Waals surface area contributed by atoms with Crippen molar-refractivity contribution in [2.24, 2.45) is 10.9 Å². The zero-order valence-corrected chi connectivity index (χ0v) is 8.47. The smallest absolute Gasteiger partial charge is 0.131 e. The first-order valence-corrected chi connectivity index (χ1v) is 4.76. The number of halogens is 1. The van der Waals surface area contributed by atoms with Crippen molar-refractivity contribution in [2.75, 3.05) is 0 Å². The Kier molecular flexibility index (Phi) is 2.08. The van der Waals surface area contributed by atoms with Crippen molar-refractivity contribution in [3.05, 3.63) is 23.0 Å². The van der Waals surface area contributed by atoms with E-state index in [1.165, 1.54) is 11.3 Å². The maximum atomic E-state index is 5.77. The Bertz CT molecular complexity index is 369. The van der Waals surface area contributed by atoms with Gasteiger partial charge < -0.3 is 0 Å². The first-order chi connectivity index (χ1) is 6.16. The molecule has 0 N–H and O–H groups in total. The fraction of sp³-hybridized carbons (Fsp3) is 0.400. The molecule has 1 aromatic heterocycles. The van der Waals surface area contributed by atoms with Gasteiger partial charge >= 0.3 is 0 Å². The molecule has 2 nitrogen and oxygen atoms in total. The van der Waals surface area contributed by atoms with Crippen LogP contribution in [0.1, 0.15) is 19.4 Å². The molecule has 2 heterocycles. The van der Waals surface area contributed by atoms with Gasteiger partial charge in [0, 0.05) is 30.0 Å². The maximum Gasteiger partial charge on any atom is 0.131 e. The highest BCUT2D eigenvalue weighted by Crippen LogP contribution is 2.29. The number of rotatable bonds is 1. The van der Waals surface area contributed by atoms with Crippen molar-refractivity contribution >= 4 is 23.0 Å². The molecule has 0 amide bonds. The molecule has 0 spiro atoms. The molecule has 0 fully saturated rings. The lowest BCUT2D eigenvalue weighted by molar-refractivity contribution is 0.871. The molecule has 13 heavy (non-hydrogen) atoms. The van der Waals surface area contributed by atoms with Crippen molar-refractivity contribution in [2.45, 2.75) is 20.3 Å². The number of fused-ring (bicyclic) bond motifs is 1. The minimum absolute atomic E-state index is 0.506. The molecular weight excluding hydrogens is 184 g/mol. The molecule has 2 rings (SSSR count). The van der Waals surface area contributed by atoms with Crippen LogP contribution in [0.4, 0.5) is 5.69 Å². The van der Waals surface area contributed by atoms with Crippen LogP contribution in [0, 0.1) is 5.92 Å². The summed E-state index contributed by atoms with van der Waals surface area (Å²) in [5, 5.41) is 0.521. The topological polar surface area (TPSA) is 25.2 Å². The lowest BCUT2D eigenvalue weighted by atomic mass is 10.0. The van der Waals surface area contributed by atoms with Crippen LogP contribution in [0.15, 0.2) is 17.3 Å². The van der Waals surface area contributed by atoms with E-state index in [1.54, 1.807) is 0 Å². The van der Waals surface area contributed by atoms with Gasteiger partial charge in [-0.25, -0.2) is 4.98 Å². The third-order valence-electron chi connectivity index (χ3n) is 2.23. The third kappa shape index (κ3) is 1.59. The lowest BCUT2D eigenvalue weighted by Gasteiger charge is -2.01. The SMILES string of the molecule is CC(C)C1=Nc2cc(Cl)ncc2C1. The molecule has 3 heteroatoms. The van der Waals surface area contributed by atoms with Gasteiger partial charge in [0.1, 0.15) is 5.15 Å². The summed E-state index contributed by atoms with van der Waals surface area (Å²) >= 11 is 5.77. The van der Waals surface area contributed by atoms with E-state index in [0.29, 0.717) is 11.1 Å². The Morgan fingerprint density at radius 3 is 2.92 bits per heavy atom. The Labute approximate surface area is 82.7 Å². The van der Waals surface area contributed by atoms with Gasteiger partial charge in [0.25, 0.3) is 0 Å². The summed E-state index contributed by atoms with van der Waals surface area (Å²) in [6.45, 7) is 4.31. The van der Waals surface area contributed by atoms with Gasteiger partial charge in [-0.3, -0.25) is 4.99 Å². The molecule has 1 aromatic rings. The van der Waals surface area contributed by atoms with Gasteiger partial charge in [0.05, 0.1) is 5.69 Å². The predicted molar refractivity (Wildman–Crippen MR) is 54.9 cm³/mol. The predicted octanol–water partition coefficient (Wildman–Crippen LogP) is 3.02. The molecule has 0 saturated heterocycles. The van der Waals surface area contributed by atoms with Crippen LogP contribution in [0.5, 0.6) is 0 Å². The van der Waals surface area contributed by atoms with Crippen LogP contribution in [0.3, 0.4) is 0 Å². The van der Waals surface area contributed by atoms with Gasteiger partial charge in [0.15, 0.2) is 0 Å². The van der Waals surface area contributed by atoms with Crippen LogP contribution in [0.2, 0.25) is 5.15 Å². The van der Waals surface area contributed by atoms with E-state index in [4.69, 9.17) is 11.6 Å². The molecular formula is C10H11ClN2. The minimum Gasteiger partial charge on any atom is -0.257 e. The maximum absolute atomic E-state index is 5.77. The molecule has 0 unspecified atom stereocenters. The zero-order chi connectivity index (χ0) is 9.42. The molecule has 0 aromatic carbocycles. The summed E-state index contributed by atoms with van der Waals surface area (Å²) in [5.74, 6) is 0.506. The summed E-state index contributed by atoms with van der Waals surface area (Å²) in [4.78, 5) is 8.54. The second kappa shape index (κ2) is 3.11. The highest BCUT2D eigenvalue weighted by atomic mass is 35.5. The standard InChI is InChI=1S/C10H11ClN2/c1-6(2)8-3-7-5-12-10(11)4-9(7)13-8/h4-6H,3H2,1-2H3. The molecule has 0 radical (unpaired) electrons. The van der Waals surface area contributed by atoms with Gasteiger partial charge in [-0.2, -0.15) is 0 Å². The number of aliphatic imine (C=N–C) groups is 1. The fourth-order valence-electron chi connectivity index (χ4n) is 1.41. The molecule has 68 valence electrons. The average molecular weight is 195 g/mol. The van der Waals surface area contributed by atoms with E-state index in [9.17, 15) is 0 Å². The largest absolute Gasteiger partial charge is 0.257 e. The second-order valence-electron chi connectivity index (χ2n) is 3.57. The highest BCUT2D eigenvalue weighted by molar-refractivity contribution is 6.29. The lowest BCUT2D eigenvalue weighted by Crippen LogP contribution is -2.06. The normalized spacial score (nSPS) is 14.6. The third-order valence-corrected chi connectivity index (χ3v) is 2.44. The first kappa shape index (κ1) is 8.70. The Morgan fingerprint density at radius 2 is 2.23 bits per heavy atom. The number of hydrogen-bond donors (Lipinski definition) is 0. The van der Waals surface area contributed by atoms with Crippen molar-refractivity contribution in [1.29, 1.82) is 0 Å². The summed E-state index contributed by atoms with van der Waals surface area (Å²) in [6, 6.07) is 1.83. The van der Waals surface area contributed by atoms with Crippen molar-refractivity contribution in [3.63, 3.8) is 0 Å². The number of pyridine rings is 1. The van der Waals surface area contributed by atoms with E-state index in [2.05, 4.69) is 23.8 Å². The van der Waals surface area contributed by atoms with Gasteiger partial charge in [-0.1, -0.05) is 25.4 Å². The van der Waals surface area contributed by atoms with Crippen LogP contribution in [0.25, 0.3) is 0 Å². The Hall–Kier alpha value is -0.890. The van der Waals surface area contributed by atoms with Gasteiger partial charge in [-0.05, 0) is 5.92 Å². The van der Waals surface area contributed by atoms with Gasteiger partial charge in [-0.15, -0.1) is 0 Å². The Balaban J connectivity index is 2.38. The van der Waals surface area contributed by atoms with E-state index in [-0.39, 0.29) is 0 Å². The van der Waals surface area contributed by atoms with Crippen LogP contribution < -0.4 is 0 Å². The van der Waals surface area contributed by atoms with Gasteiger partial charge in [0.2, 0.25) is 0 Å². The van der Waals surface area contributed by atoms with E-state index in [1.807, 2.05) is 12.3 Å². The molecule has 1 aliphatic heterocycles. The fourth-order valence-corrected chi connectivity index (χ4v) is 1.56. The van der Waals surface area contributed by atoms with E-state index < -0.39 is 0 Å².